The van der Waals surface area contributed by atoms with E-state index in [1.54, 1.807) is 32.3 Å². The van der Waals surface area contributed by atoms with Crippen molar-refractivity contribution in [3.05, 3.63) is 80.1 Å². The molecule has 0 bridgehead atoms. The maximum absolute atomic E-state index is 13.4. The SMILES string of the molecule is CN=Cc1cc(-c2oc3c(C(C)Nc4ccc(Cl)nc4SN)cc(C)cc3c(=O)c2C)ccc1N. The van der Waals surface area contributed by atoms with Crippen LogP contribution < -0.4 is 21.6 Å². The number of fused-ring (bicyclic) bond motifs is 1. The van der Waals surface area contributed by atoms with Gasteiger partial charge in [-0.15, -0.1) is 0 Å². The summed E-state index contributed by atoms with van der Waals surface area (Å²) in [5.74, 6) is 0.497. The Morgan fingerprint density at radius 1 is 1.20 bits per heavy atom. The molecule has 0 amide bonds. The number of aryl methyl sites for hydroxylation is 1. The normalized spacial score (nSPS) is 12.4. The van der Waals surface area contributed by atoms with E-state index in [0.717, 1.165) is 39.9 Å². The van der Waals surface area contributed by atoms with Gasteiger partial charge in [0.2, 0.25) is 0 Å². The van der Waals surface area contributed by atoms with Crippen molar-refractivity contribution < 1.29 is 4.42 Å². The molecule has 0 saturated heterocycles. The number of aromatic nitrogens is 1. The van der Waals surface area contributed by atoms with Gasteiger partial charge < -0.3 is 15.5 Å². The summed E-state index contributed by atoms with van der Waals surface area (Å²) in [6.07, 6.45) is 1.68. The molecule has 0 radical (unpaired) electrons. The Morgan fingerprint density at radius 2 is 1.97 bits per heavy atom. The van der Waals surface area contributed by atoms with Gasteiger partial charge in [0.15, 0.2) is 5.43 Å². The lowest BCUT2D eigenvalue weighted by molar-refractivity contribution is 0.605. The van der Waals surface area contributed by atoms with E-state index in [0.29, 0.717) is 38.2 Å². The number of hydrogen-bond acceptors (Lipinski definition) is 8. The smallest absolute Gasteiger partial charge is 0.196 e. The molecule has 7 nitrogen and oxygen atoms in total. The van der Waals surface area contributed by atoms with Crippen molar-refractivity contribution in [2.45, 2.75) is 31.8 Å². The maximum Gasteiger partial charge on any atom is 0.196 e. The van der Waals surface area contributed by atoms with Crippen molar-refractivity contribution in [3.63, 3.8) is 0 Å². The van der Waals surface area contributed by atoms with Crippen LogP contribution in [0.25, 0.3) is 22.3 Å². The number of nitrogens with two attached hydrogens (primary N) is 2. The van der Waals surface area contributed by atoms with Gasteiger partial charge in [-0.05, 0) is 74.7 Å². The third kappa shape index (κ3) is 4.91. The Morgan fingerprint density at radius 3 is 2.69 bits per heavy atom. The first-order valence-corrected chi connectivity index (χ1v) is 12.2. The molecule has 0 fully saturated rings. The lowest BCUT2D eigenvalue weighted by Gasteiger charge is -2.20. The number of aliphatic imine (C=N–C) groups is 1. The van der Waals surface area contributed by atoms with Gasteiger partial charge in [0.25, 0.3) is 0 Å². The van der Waals surface area contributed by atoms with E-state index in [9.17, 15) is 4.79 Å². The molecule has 4 rings (SSSR count). The van der Waals surface area contributed by atoms with Crippen LogP contribution in [-0.4, -0.2) is 18.2 Å². The number of pyridine rings is 1. The number of nitrogen functional groups attached to an aromatic ring is 1. The van der Waals surface area contributed by atoms with E-state index in [1.807, 2.05) is 44.2 Å². The van der Waals surface area contributed by atoms with Crippen molar-refractivity contribution in [1.29, 1.82) is 0 Å². The molecule has 0 aliphatic carbocycles. The maximum atomic E-state index is 13.4. The van der Waals surface area contributed by atoms with Crippen LogP contribution in [0.2, 0.25) is 5.15 Å². The van der Waals surface area contributed by atoms with Gasteiger partial charge in [-0.25, -0.2) is 4.98 Å². The van der Waals surface area contributed by atoms with Crippen molar-refractivity contribution in [1.82, 2.24) is 4.98 Å². The van der Waals surface area contributed by atoms with E-state index < -0.39 is 0 Å². The molecule has 2 heterocycles. The molecule has 35 heavy (non-hydrogen) atoms. The highest BCUT2D eigenvalue weighted by atomic mass is 35.5. The third-order valence-corrected chi connectivity index (χ3v) is 6.53. The van der Waals surface area contributed by atoms with E-state index in [-0.39, 0.29) is 11.5 Å². The molecule has 5 N–H and O–H groups in total. The average Bonchev–Trinajstić information content (AvgIpc) is 2.84. The second kappa shape index (κ2) is 10.1. The van der Waals surface area contributed by atoms with Crippen molar-refractivity contribution >= 4 is 52.1 Å². The summed E-state index contributed by atoms with van der Waals surface area (Å²) in [6, 6.07) is 12.7. The minimum absolute atomic E-state index is 0.0766. The Bertz CT molecular complexity index is 1520. The largest absolute Gasteiger partial charge is 0.455 e. The number of hydrogen-bond donors (Lipinski definition) is 3. The molecule has 1 atom stereocenters. The highest BCUT2D eigenvalue weighted by molar-refractivity contribution is 7.97. The van der Waals surface area contributed by atoms with Gasteiger partial charge >= 0.3 is 0 Å². The van der Waals surface area contributed by atoms with Gasteiger partial charge in [-0.3, -0.25) is 14.9 Å². The highest BCUT2D eigenvalue weighted by Crippen LogP contribution is 2.34. The lowest BCUT2D eigenvalue weighted by Crippen LogP contribution is -2.13. The molecular formula is C26H26ClN5O2S. The van der Waals surface area contributed by atoms with Gasteiger partial charge in [0.05, 0.1) is 17.1 Å². The second-order valence-corrected chi connectivity index (χ2v) is 9.33. The molecule has 0 aliphatic rings. The number of benzene rings is 2. The molecule has 2 aromatic carbocycles. The molecule has 0 spiro atoms. The zero-order valence-electron chi connectivity index (χ0n) is 19.8. The summed E-state index contributed by atoms with van der Waals surface area (Å²) in [7, 11) is 1.68. The summed E-state index contributed by atoms with van der Waals surface area (Å²) >= 11 is 7.03. The van der Waals surface area contributed by atoms with Crippen molar-refractivity contribution in [2.24, 2.45) is 10.1 Å². The Labute approximate surface area is 212 Å². The van der Waals surface area contributed by atoms with E-state index in [1.165, 1.54) is 0 Å². The quantitative estimate of drug-likeness (QED) is 0.129. The summed E-state index contributed by atoms with van der Waals surface area (Å²) in [5, 5.41) is 10.7. The summed E-state index contributed by atoms with van der Waals surface area (Å²) in [5.41, 5.74) is 11.7. The van der Waals surface area contributed by atoms with Crippen LogP contribution in [0.1, 0.15) is 35.2 Å². The first-order valence-electron chi connectivity index (χ1n) is 10.9. The van der Waals surface area contributed by atoms with Crippen LogP contribution in [0.3, 0.4) is 0 Å². The van der Waals surface area contributed by atoms with Gasteiger partial charge in [-0.2, -0.15) is 0 Å². The van der Waals surface area contributed by atoms with Gasteiger partial charge in [-0.1, -0.05) is 17.7 Å². The predicted molar refractivity (Wildman–Crippen MR) is 147 cm³/mol. The van der Waals surface area contributed by atoms with Crippen LogP contribution in [0.5, 0.6) is 0 Å². The summed E-state index contributed by atoms with van der Waals surface area (Å²) in [4.78, 5) is 21.8. The molecular weight excluding hydrogens is 482 g/mol. The lowest BCUT2D eigenvalue weighted by atomic mass is 9.98. The summed E-state index contributed by atoms with van der Waals surface area (Å²) < 4.78 is 6.46. The minimum Gasteiger partial charge on any atom is -0.455 e. The molecule has 180 valence electrons. The number of nitrogens with one attached hydrogen (secondary N) is 1. The molecule has 9 heteroatoms. The molecule has 0 aliphatic heterocycles. The monoisotopic (exact) mass is 507 g/mol. The average molecular weight is 508 g/mol. The van der Waals surface area contributed by atoms with Gasteiger partial charge in [0.1, 0.15) is 21.5 Å². The predicted octanol–water partition coefficient (Wildman–Crippen LogP) is 5.90. The fourth-order valence-corrected chi connectivity index (χ4v) is 4.66. The van der Waals surface area contributed by atoms with Crippen LogP contribution >= 0.6 is 23.5 Å². The number of halogens is 1. The highest BCUT2D eigenvalue weighted by Gasteiger charge is 2.20. The van der Waals surface area contributed by atoms with E-state index in [4.69, 9.17) is 26.9 Å². The number of rotatable bonds is 6. The standard InChI is InChI=1S/C26H26ClN5O2S/c1-13-9-18(15(3)31-21-7-8-22(27)32-26(21)35-29)25-19(10-13)23(33)14(2)24(34-25)16-5-6-20(28)17(11-16)12-30-4/h5-12,15,31H,28-29H2,1-4H3. The Hall–Kier alpha value is -3.33. The van der Waals surface area contributed by atoms with E-state index >= 15 is 0 Å². The third-order valence-electron chi connectivity index (χ3n) is 5.79. The zero-order chi connectivity index (χ0) is 25.3. The van der Waals surface area contributed by atoms with Crippen LogP contribution in [0, 0.1) is 13.8 Å². The van der Waals surface area contributed by atoms with E-state index in [2.05, 4.69) is 15.3 Å². The Kier molecular flexibility index (Phi) is 7.16. The van der Waals surface area contributed by atoms with Crippen LogP contribution in [0.15, 0.2) is 61.7 Å². The molecule has 4 aromatic rings. The molecule has 2 aromatic heterocycles. The molecule has 1 unspecified atom stereocenters. The number of anilines is 2. The molecule has 0 saturated carbocycles. The minimum atomic E-state index is -0.223. The van der Waals surface area contributed by atoms with Crippen LogP contribution in [-0.2, 0) is 0 Å². The first kappa shape index (κ1) is 24.8. The van der Waals surface area contributed by atoms with Crippen molar-refractivity contribution in [2.75, 3.05) is 18.1 Å². The number of nitrogens with zero attached hydrogens (tertiary/aromatic N) is 2. The fraction of sp³-hybridized carbons (Fsp3) is 0.192. The zero-order valence-corrected chi connectivity index (χ0v) is 21.4. The topological polar surface area (TPSA) is 120 Å². The fourth-order valence-electron chi connectivity index (χ4n) is 4.06. The van der Waals surface area contributed by atoms with Crippen LogP contribution in [0.4, 0.5) is 11.4 Å². The Balaban J connectivity index is 1.89. The first-order chi connectivity index (χ1) is 16.7. The second-order valence-electron chi connectivity index (χ2n) is 8.32. The van der Waals surface area contributed by atoms with Crippen molar-refractivity contribution in [3.8, 4) is 11.3 Å². The summed E-state index contributed by atoms with van der Waals surface area (Å²) in [6.45, 7) is 5.73. The van der Waals surface area contributed by atoms with Gasteiger partial charge in [0, 0.05) is 41.2 Å².